The molecule has 0 unspecified atom stereocenters. The van der Waals surface area contributed by atoms with Gasteiger partial charge in [-0.15, -0.1) is 0 Å². The summed E-state index contributed by atoms with van der Waals surface area (Å²) in [5.41, 5.74) is 1.36. The third kappa shape index (κ3) is 6.83. The molecule has 0 fully saturated rings. The molecule has 2 amide bonds. The van der Waals surface area contributed by atoms with Crippen LogP contribution in [0.2, 0.25) is 0 Å². The van der Waals surface area contributed by atoms with E-state index < -0.39 is 0 Å². The Morgan fingerprint density at radius 1 is 1.14 bits per heavy atom. The van der Waals surface area contributed by atoms with Crippen LogP contribution in [-0.2, 0) is 0 Å². The van der Waals surface area contributed by atoms with Crippen LogP contribution in [0.3, 0.4) is 0 Å². The highest BCUT2D eigenvalue weighted by Gasteiger charge is 2.14. The number of para-hydroxylation sites is 1. The number of anilines is 1. The highest BCUT2D eigenvalue weighted by molar-refractivity contribution is 9.10. The summed E-state index contributed by atoms with van der Waals surface area (Å²) < 4.78 is 6.43. The summed E-state index contributed by atoms with van der Waals surface area (Å²) in [6, 6.07) is 12.0. The molecule has 0 aromatic heterocycles. The maximum absolute atomic E-state index is 12.5. The fourth-order valence-corrected chi connectivity index (χ4v) is 3.11. The standard InChI is InChI=1S/C21H24BrN3O3S/c1-13(2)10-11-28-18-9-8-14(12-16(18)22)19(26)25-21(29)24-17-7-5-4-6-15(17)20(27)23-3/h4-9,12-13H,10-11H2,1-3H3,(H,23,27)(H2,24,25,26,29). The second kappa shape index (κ2) is 10.9. The Morgan fingerprint density at radius 3 is 2.52 bits per heavy atom. The van der Waals surface area contributed by atoms with Crippen LogP contribution in [-0.4, -0.2) is 30.6 Å². The molecule has 154 valence electrons. The quantitative estimate of drug-likeness (QED) is 0.516. The van der Waals surface area contributed by atoms with Gasteiger partial charge in [0.1, 0.15) is 5.75 Å². The molecule has 0 aliphatic heterocycles. The molecule has 2 aromatic rings. The van der Waals surface area contributed by atoms with Gasteiger partial charge in [0.25, 0.3) is 11.8 Å². The second-order valence-electron chi connectivity index (χ2n) is 6.71. The van der Waals surface area contributed by atoms with Crippen molar-refractivity contribution in [2.75, 3.05) is 19.0 Å². The fourth-order valence-electron chi connectivity index (χ4n) is 2.42. The average Bonchev–Trinajstić information content (AvgIpc) is 2.68. The van der Waals surface area contributed by atoms with Crippen LogP contribution in [0.4, 0.5) is 5.69 Å². The number of ether oxygens (including phenoxy) is 1. The Labute approximate surface area is 184 Å². The number of hydrogen-bond acceptors (Lipinski definition) is 4. The van der Waals surface area contributed by atoms with Crippen molar-refractivity contribution in [3.63, 3.8) is 0 Å². The SMILES string of the molecule is CNC(=O)c1ccccc1NC(=S)NC(=O)c1ccc(OCCC(C)C)c(Br)c1. The van der Waals surface area contributed by atoms with Crippen LogP contribution in [0.1, 0.15) is 41.0 Å². The zero-order valence-electron chi connectivity index (χ0n) is 16.5. The lowest BCUT2D eigenvalue weighted by atomic mass is 10.1. The van der Waals surface area contributed by atoms with Crippen molar-refractivity contribution in [2.45, 2.75) is 20.3 Å². The number of carbonyl (C=O) groups is 2. The Balaban J connectivity index is 2.01. The number of benzene rings is 2. The number of rotatable bonds is 7. The normalized spacial score (nSPS) is 10.4. The number of carbonyl (C=O) groups excluding carboxylic acids is 2. The first-order valence-corrected chi connectivity index (χ1v) is 10.4. The lowest BCUT2D eigenvalue weighted by Crippen LogP contribution is -2.34. The first-order valence-electron chi connectivity index (χ1n) is 9.17. The van der Waals surface area contributed by atoms with Crippen molar-refractivity contribution in [1.29, 1.82) is 0 Å². The Morgan fingerprint density at radius 2 is 1.86 bits per heavy atom. The first kappa shape index (κ1) is 22.8. The number of thiocarbonyl (C=S) groups is 1. The lowest BCUT2D eigenvalue weighted by Gasteiger charge is -2.13. The third-order valence-corrected chi connectivity index (χ3v) is 4.84. The molecule has 0 bridgehead atoms. The van der Waals surface area contributed by atoms with Gasteiger partial charge in [-0.1, -0.05) is 26.0 Å². The molecule has 3 N–H and O–H groups in total. The summed E-state index contributed by atoms with van der Waals surface area (Å²) in [7, 11) is 1.55. The summed E-state index contributed by atoms with van der Waals surface area (Å²) in [4.78, 5) is 24.4. The van der Waals surface area contributed by atoms with Gasteiger partial charge in [0.2, 0.25) is 0 Å². The van der Waals surface area contributed by atoms with E-state index in [-0.39, 0.29) is 16.9 Å². The van der Waals surface area contributed by atoms with Gasteiger partial charge in [-0.2, -0.15) is 0 Å². The molecular weight excluding hydrogens is 454 g/mol. The highest BCUT2D eigenvalue weighted by Crippen LogP contribution is 2.26. The largest absolute Gasteiger partial charge is 0.492 e. The molecule has 29 heavy (non-hydrogen) atoms. The highest BCUT2D eigenvalue weighted by atomic mass is 79.9. The molecule has 0 aliphatic rings. The predicted molar refractivity (Wildman–Crippen MR) is 123 cm³/mol. The lowest BCUT2D eigenvalue weighted by molar-refractivity contribution is 0.0960. The van der Waals surface area contributed by atoms with Crippen LogP contribution in [0, 0.1) is 5.92 Å². The van der Waals surface area contributed by atoms with Crippen LogP contribution in [0.5, 0.6) is 5.75 Å². The molecule has 0 saturated heterocycles. The maximum Gasteiger partial charge on any atom is 0.257 e. The Hall–Kier alpha value is -2.45. The van der Waals surface area contributed by atoms with E-state index in [4.69, 9.17) is 17.0 Å². The molecule has 6 nitrogen and oxygen atoms in total. The van der Waals surface area contributed by atoms with E-state index >= 15 is 0 Å². The average molecular weight is 478 g/mol. The monoisotopic (exact) mass is 477 g/mol. The van der Waals surface area contributed by atoms with Crippen LogP contribution in [0.25, 0.3) is 0 Å². The number of amides is 2. The maximum atomic E-state index is 12.5. The van der Waals surface area contributed by atoms with E-state index in [2.05, 4.69) is 45.7 Å². The van der Waals surface area contributed by atoms with Crippen LogP contribution < -0.4 is 20.7 Å². The Bertz CT molecular complexity index is 902. The first-order chi connectivity index (χ1) is 13.8. The molecule has 0 atom stereocenters. The van der Waals surface area contributed by atoms with Crippen molar-refractivity contribution in [3.05, 3.63) is 58.1 Å². The zero-order chi connectivity index (χ0) is 21.4. The minimum absolute atomic E-state index is 0.0970. The summed E-state index contributed by atoms with van der Waals surface area (Å²) in [5, 5.41) is 8.18. The van der Waals surface area contributed by atoms with E-state index in [1.54, 1.807) is 49.5 Å². The number of halogens is 1. The van der Waals surface area contributed by atoms with Crippen molar-refractivity contribution in [3.8, 4) is 5.75 Å². The minimum atomic E-state index is -0.366. The minimum Gasteiger partial charge on any atom is -0.492 e. The third-order valence-electron chi connectivity index (χ3n) is 4.02. The van der Waals surface area contributed by atoms with Gasteiger partial charge < -0.3 is 15.4 Å². The van der Waals surface area contributed by atoms with Crippen molar-refractivity contribution >= 4 is 50.8 Å². The summed E-state index contributed by atoms with van der Waals surface area (Å²) in [5.74, 6) is 0.622. The van der Waals surface area contributed by atoms with Crippen molar-refractivity contribution < 1.29 is 14.3 Å². The molecule has 0 radical (unpaired) electrons. The molecule has 0 heterocycles. The molecule has 0 spiro atoms. The van der Waals surface area contributed by atoms with E-state index in [0.717, 1.165) is 6.42 Å². The van der Waals surface area contributed by atoms with E-state index in [0.29, 0.717) is 39.6 Å². The second-order valence-corrected chi connectivity index (χ2v) is 7.97. The van der Waals surface area contributed by atoms with Gasteiger partial charge in [-0.25, -0.2) is 0 Å². The van der Waals surface area contributed by atoms with Gasteiger partial charge in [0.05, 0.1) is 22.3 Å². The summed E-state index contributed by atoms with van der Waals surface area (Å²) in [6.07, 6.45) is 0.951. The predicted octanol–water partition coefficient (Wildman–Crippen LogP) is 4.36. The molecule has 2 rings (SSSR count). The molecule has 0 saturated carbocycles. The van der Waals surface area contributed by atoms with Gasteiger partial charge in [-0.05, 0) is 70.8 Å². The number of nitrogens with one attached hydrogen (secondary N) is 3. The van der Waals surface area contributed by atoms with Gasteiger partial charge in [-0.3, -0.25) is 14.9 Å². The number of hydrogen-bond donors (Lipinski definition) is 3. The zero-order valence-corrected chi connectivity index (χ0v) is 18.9. The van der Waals surface area contributed by atoms with Crippen LogP contribution >= 0.6 is 28.1 Å². The van der Waals surface area contributed by atoms with E-state index in [9.17, 15) is 9.59 Å². The van der Waals surface area contributed by atoms with Gasteiger partial charge in [0.15, 0.2) is 5.11 Å². The van der Waals surface area contributed by atoms with E-state index in [1.165, 1.54) is 0 Å². The molecule has 8 heteroatoms. The molecule has 0 aliphatic carbocycles. The summed E-state index contributed by atoms with van der Waals surface area (Å²) in [6.45, 7) is 4.88. The molecule has 2 aromatic carbocycles. The van der Waals surface area contributed by atoms with E-state index in [1.807, 2.05) is 0 Å². The smallest absolute Gasteiger partial charge is 0.257 e. The van der Waals surface area contributed by atoms with Gasteiger partial charge >= 0.3 is 0 Å². The fraction of sp³-hybridized carbons (Fsp3) is 0.286. The van der Waals surface area contributed by atoms with Gasteiger partial charge in [0, 0.05) is 12.6 Å². The van der Waals surface area contributed by atoms with Crippen molar-refractivity contribution in [2.24, 2.45) is 5.92 Å². The topological polar surface area (TPSA) is 79.5 Å². The van der Waals surface area contributed by atoms with Crippen molar-refractivity contribution in [1.82, 2.24) is 10.6 Å². The van der Waals surface area contributed by atoms with Crippen LogP contribution in [0.15, 0.2) is 46.9 Å². The Kier molecular flexibility index (Phi) is 8.60. The molecular formula is C21H24BrN3O3S. The summed E-state index contributed by atoms with van der Waals surface area (Å²) >= 11 is 8.66.